The summed E-state index contributed by atoms with van der Waals surface area (Å²) in [7, 11) is 1.18. The summed E-state index contributed by atoms with van der Waals surface area (Å²) in [6.07, 6.45) is 0. The van der Waals surface area contributed by atoms with Crippen LogP contribution in [-0.2, 0) is 20.9 Å². The number of esters is 1. The molecule has 0 aliphatic carbocycles. The van der Waals surface area contributed by atoms with E-state index < -0.39 is 11.9 Å². The molecule has 2 aromatic carbocycles. The van der Waals surface area contributed by atoms with Crippen LogP contribution in [0.2, 0.25) is 0 Å². The molecule has 0 atom stereocenters. The molecule has 4 nitrogen and oxygen atoms in total. The van der Waals surface area contributed by atoms with E-state index in [1.165, 1.54) is 7.11 Å². The van der Waals surface area contributed by atoms with Gasteiger partial charge in [0.05, 0.1) is 7.11 Å². The predicted molar refractivity (Wildman–Crippen MR) is 67.8 cm³/mol. The second-order valence-electron chi connectivity index (χ2n) is 3.86. The van der Waals surface area contributed by atoms with Gasteiger partial charge in [-0.05, 0) is 22.4 Å². The lowest BCUT2D eigenvalue weighted by molar-refractivity contribution is -0.152. The van der Waals surface area contributed by atoms with E-state index in [0.717, 1.165) is 16.3 Å². The third-order valence-corrected chi connectivity index (χ3v) is 2.64. The first-order valence-electron chi connectivity index (χ1n) is 5.54. The highest BCUT2D eigenvalue weighted by molar-refractivity contribution is 6.32. The molecule has 92 valence electrons. The van der Waals surface area contributed by atoms with Gasteiger partial charge in [-0.3, -0.25) is 4.79 Å². The van der Waals surface area contributed by atoms with Gasteiger partial charge in [0.2, 0.25) is 0 Å². The average molecular weight is 243 g/mol. The molecule has 1 N–H and O–H groups in total. The number of methoxy groups -OCH3 is 1. The summed E-state index contributed by atoms with van der Waals surface area (Å²) in [5, 5.41) is 4.74. The number of amides is 1. The SMILES string of the molecule is COC(=O)C(=O)NCc1ccc2ccccc2c1. The minimum atomic E-state index is -0.879. The molecule has 4 heteroatoms. The van der Waals surface area contributed by atoms with E-state index in [2.05, 4.69) is 10.1 Å². The number of benzene rings is 2. The van der Waals surface area contributed by atoms with Crippen molar-refractivity contribution in [2.24, 2.45) is 0 Å². The Hall–Kier alpha value is -2.36. The number of fused-ring (bicyclic) bond motifs is 1. The number of hydrogen-bond acceptors (Lipinski definition) is 3. The zero-order valence-corrected chi connectivity index (χ0v) is 9.97. The number of ether oxygens (including phenoxy) is 1. The number of nitrogens with one attached hydrogen (secondary N) is 1. The standard InChI is InChI=1S/C14H13NO3/c1-18-14(17)13(16)15-9-10-6-7-11-4-2-3-5-12(11)8-10/h2-8H,9H2,1H3,(H,15,16). The van der Waals surface area contributed by atoms with Gasteiger partial charge in [-0.1, -0.05) is 36.4 Å². The van der Waals surface area contributed by atoms with E-state index in [4.69, 9.17) is 0 Å². The molecule has 0 bridgehead atoms. The van der Waals surface area contributed by atoms with Crippen molar-refractivity contribution < 1.29 is 14.3 Å². The molecule has 0 fully saturated rings. The van der Waals surface area contributed by atoms with Crippen LogP contribution in [0.1, 0.15) is 5.56 Å². The van der Waals surface area contributed by atoms with E-state index in [1.54, 1.807) is 0 Å². The van der Waals surface area contributed by atoms with Crippen molar-refractivity contribution in [3.05, 3.63) is 48.0 Å². The normalized spacial score (nSPS) is 10.1. The quantitative estimate of drug-likeness (QED) is 0.644. The van der Waals surface area contributed by atoms with Gasteiger partial charge in [0.25, 0.3) is 0 Å². The first kappa shape index (κ1) is 12.1. The number of rotatable bonds is 2. The van der Waals surface area contributed by atoms with Crippen molar-refractivity contribution in [2.75, 3.05) is 7.11 Å². The Kier molecular flexibility index (Phi) is 3.57. The van der Waals surface area contributed by atoms with Crippen molar-refractivity contribution in [3.63, 3.8) is 0 Å². The molecule has 0 unspecified atom stereocenters. The molecule has 18 heavy (non-hydrogen) atoms. The molecule has 0 radical (unpaired) electrons. The van der Waals surface area contributed by atoms with Crippen molar-refractivity contribution in [2.45, 2.75) is 6.54 Å². The molecule has 0 heterocycles. The largest absolute Gasteiger partial charge is 0.462 e. The van der Waals surface area contributed by atoms with Crippen molar-refractivity contribution in [3.8, 4) is 0 Å². The van der Waals surface area contributed by atoms with Gasteiger partial charge in [0, 0.05) is 6.54 Å². The minimum absolute atomic E-state index is 0.304. The van der Waals surface area contributed by atoms with Crippen LogP contribution < -0.4 is 5.32 Å². The van der Waals surface area contributed by atoms with Crippen LogP contribution in [0.4, 0.5) is 0 Å². The summed E-state index contributed by atoms with van der Waals surface area (Å²) in [4.78, 5) is 22.1. The van der Waals surface area contributed by atoms with Crippen molar-refractivity contribution in [1.82, 2.24) is 5.32 Å². The van der Waals surface area contributed by atoms with E-state index in [0.29, 0.717) is 6.54 Å². The Bertz CT molecular complexity index is 592. The maximum Gasteiger partial charge on any atom is 0.396 e. The molecule has 1 amide bonds. The second kappa shape index (κ2) is 5.31. The molecule has 0 saturated heterocycles. The summed E-state index contributed by atoms with van der Waals surface area (Å²) < 4.78 is 4.32. The van der Waals surface area contributed by atoms with E-state index in [-0.39, 0.29) is 0 Å². The third-order valence-electron chi connectivity index (χ3n) is 2.64. The fourth-order valence-corrected chi connectivity index (χ4v) is 1.70. The van der Waals surface area contributed by atoms with Gasteiger partial charge in [0.1, 0.15) is 0 Å². The third kappa shape index (κ3) is 2.66. The maximum absolute atomic E-state index is 11.2. The highest BCUT2D eigenvalue weighted by atomic mass is 16.5. The van der Waals surface area contributed by atoms with Crippen LogP contribution in [0.25, 0.3) is 10.8 Å². The highest BCUT2D eigenvalue weighted by Gasteiger charge is 2.12. The summed E-state index contributed by atoms with van der Waals surface area (Å²) in [5.74, 6) is -1.61. The lowest BCUT2D eigenvalue weighted by Gasteiger charge is -2.05. The first-order valence-corrected chi connectivity index (χ1v) is 5.54. The van der Waals surface area contributed by atoms with Gasteiger partial charge in [0.15, 0.2) is 0 Å². The Morgan fingerprint density at radius 1 is 1.11 bits per heavy atom. The molecular formula is C14H13NO3. The molecule has 0 saturated carbocycles. The lowest BCUT2D eigenvalue weighted by Crippen LogP contribution is -2.31. The summed E-state index contributed by atoms with van der Waals surface area (Å²) in [6, 6.07) is 13.8. The average Bonchev–Trinajstić information content (AvgIpc) is 2.43. The molecule has 0 spiro atoms. The zero-order valence-electron chi connectivity index (χ0n) is 9.97. The van der Waals surface area contributed by atoms with Crippen LogP contribution in [0, 0.1) is 0 Å². The van der Waals surface area contributed by atoms with Gasteiger partial charge in [-0.15, -0.1) is 0 Å². The zero-order chi connectivity index (χ0) is 13.0. The molecule has 2 aromatic rings. The Morgan fingerprint density at radius 3 is 2.56 bits per heavy atom. The van der Waals surface area contributed by atoms with Crippen LogP contribution in [-0.4, -0.2) is 19.0 Å². The van der Waals surface area contributed by atoms with Gasteiger partial charge >= 0.3 is 11.9 Å². The fourth-order valence-electron chi connectivity index (χ4n) is 1.70. The summed E-state index contributed by atoms with van der Waals surface area (Å²) in [6.45, 7) is 0.304. The van der Waals surface area contributed by atoms with E-state index in [9.17, 15) is 9.59 Å². The molecular weight excluding hydrogens is 230 g/mol. The monoisotopic (exact) mass is 243 g/mol. The summed E-state index contributed by atoms with van der Waals surface area (Å²) in [5.41, 5.74) is 0.936. The smallest absolute Gasteiger partial charge is 0.396 e. The first-order chi connectivity index (χ1) is 8.70. The van der Waals surface area contributed by atoms with Crippen LogP contribution in [0.5, 0.6) is 0 Å². The van der Waals surface area contributed by atoms with Crippen LogP contribution in [0.15, 0.2) is 42.5 Å². The Balaban J connectivity index is 2.08. The Morgan fingerprint density at radius 2 is 1.83 bits per heavy atom. The van der Waals surface area contributed by atoms with Gasteiger partial charge in [-0.25, -0.2) is 4.79 Å². The highest BCUT2D eigenvalue weighted by Crippen LogP contribution is 2.15. The second-order valence-corrected chi connectivity index (χ2v) is 3.86. The van der Waals surface area contributed by atoms with Crippen LogP contribution >= 0.6 is 0 Å². The van der Waals surface area contributed by atoms with Crippen molar-refractivity contribution >= 4 is 22.6 Å². The van der Waals surface area contributed by atoms with E-state index >= 15 is 0 Å². The molecule has 0 aliphatic rings. The minimum Gasteiger partial charge on any atom is -0.462 e. The lowest BCUT2D eigenvalue weighted by atomic mass is 10.1. The Labute approximate surface area is 105 Å². The number of carbonyl (C=O) groups is 2. The topological polar surface area (TPSA) is 55.4 Å². The van der Waals surface area contributed by atoms with E-state index in [1.807, 2.05) is 42.5 Å². The van der Waals surface area contributed by atoms with Crippen LogP contribution in [0.3, 0.4) is 0 Å². The fraction of sp³-hybridized carbons (Fsp3) is 0.143. The van der Waals surface area contributed by atoms with Crippen molar-refractivity contribution in [1.29, 1.82) is 0 Å². The predicted octanol–water partition coefficient (Wildman–Crippen LogP) is 1.63. The molecule has 2 rings (SSSR count). The number of carbonyl (C=O) groups excluding carboxylic acids is 2. The molecule has 0 aromatic heterocycles. The molecule has 0 aliphatic heterocycles. The van der Waals surface area contributed by atoms with Gasteiger partial charge < -0.3 is 10.1 Å². The maximum atomic E-state index is 11.2. The summed E-state index contributed by atoms with van der Waals surface area (Å²) >= 11 is 0. The van der Waals surface area contributed by atoms with Gasteiger partial charge in [-0.2, -0.15) is 0 Å². The number of hydrogen-bond donors (Lipinski definition) is 1.